The highest BCUT2D eigenvalue weighted by atomic mass is 16.2. The Morgan fingerprint density at radius 2 is 1.82 bits per heavy atom. The van der Waals surface area contributed by atoms with E-state index in [2.05, 4.69) is 10.6 Å². The summed E-state index contributed by atoms with van der Waals surface area (Å²) in [6.45, 7) is 9.26. The summed E-state index contributed by atoms with van der Waals surface area (Å²) in [6.07, 6.45) is 0. The van der Waals surface area contributed by atoms with Crippen LogP contribution < -0.4 is 10.6 Å². The first kappa shape index (κ1) is 15.9. The molecule has 0 heterocycles. The first-order chi connectivity index (χ1) is 7.88. The molecule has 100 valence electrons. The molecule has 5 nitrogen and oxygen atoms in total. The molecule has 0 radical (unpaired) electrons. The number of amides is 2. The molecule has 0 saturated carbocycles. The average molecular weight is 243 g/mol. The molecule has 0 aliphatic rings. The lowest BCUT2D eigenvalue weighted by atomic mass is 10.1. The Kier molecular flexibility index (Phi) is 7.54. The van der Waals surface area contributed by atoms with Gasteiger partial charge in [-0.2, -0.15) is 0 Å². The van der Waals surface area contributed by atoms with Crippen molar-refractivity contribution in [2.45, 2.75) is 33.7 Å². The van der Waals surface area contributed by atoms with Gasteiger partial charge in [0.05, 0.1) is 6.54 Å². The van der Waals surface area contributed by atoms with Gasteiger partial charge in [0.2, 0.25) is 11.8 Å². The molecule has 1 unspecified atom stereocenters. The highest BCUT2D eigenvalue weighted by Crippen LogP contribution is 1.99. The van der Waals surface area contributed by atoms with Crippen LogP contribution in [0.4, 0.5) is 0 Å². The van der Waals surface area contributed by atoms with Gasteiger partial charge in [0.1, 0.15) is 0 Å². The second kappa shape index (κ2) is 8.06. The molecule has 0 aromatic heterocycles. The van der Waals surface area contributed by atoms with Crippen LogP contribution in [0.25, 0.3) is 0 Å². The van der Waals surface area contributed by atoms with Crippen molar-refractivity contribution >= 4 is 11.8 Å². The maximum Gasteiger partial charge on any atom is 0.239 e. The first-order valence-electron chi connectivity index (χ1n) is 6.13. The molecule has 0 aliphatic heterocycles. The monoisotopic (exact) mass is 243 g/mol. The van der Waals surface area contributed by atoms with Crippen LogP contribution in [0.15, 0.2) is 0 Å². The fourth-order valence-corrected chi connectivity index (χ4v) is 1.49. The Balaban J connectivity index is 4.08. The Bertz CT molecular complexity index is 254. The molecule has 0 aliphatic carbocycles. The van der Waals surface area contributed by atoms with Crippen molar-refractivity contribution in [3.63, 3.8) is 0 Å². The molecular weight excluding hydrogens is 218 g/mol. The minimum atomic E-state index is -0.119. The molecule has 2 N–H and O–H groups in total. The number of rotatable bonds is 7. The van der Waals surface area contributed by atoms with Crippen LogP contribution in [0.2, 0.25) is 0 Å². The number of nitrogens with zero attached hydrogens (tertiary/aromatic N) is 1. The summed E-state index contributed by atoms with van der Waals surface area (Å²) in [4.78, 5) is 24.8. The lowest BCUT2D eigenvalue weighted by Crippen LogP contribution is -2.43. The lowest BCUT2D eigenvalue weighted by molar-refractivity contribution is -0.137. The number of likely N-dealkylation sites (N-methyl/N-ethyl adjacent to an activating group) is 1. The van der Waals surface area contributed by atoms with Gasteiger partial charge in [-0.15, -0.1) is 0 Å². The van der Waals surface area contributed by atoms with Crippen LogP contribution in [-0.4, -0.2) is 49.4 Å². The van der Waals surface area contributed by atoms with Crippen molar-refractivity contribution < 1.29 is 9.59 Å². The molecule has 0 spiro atoms. The Morgan fingerprint density at radius 1 is 1.24 bits per heavy atom. The van der Waals surface area contributed by atoms with Gasteiger partial charge in [0.15, 0.2) is 0 Å². The molecule has 0 bridgehead atoms. The van der Waals surface area contributed by atoms with Crippen LogP contribution in [0.1, 0.15) is 27.7 Å². The van der Waals surface area contributed by atoms with Crippen molar-refractivity contribution in [1.82, 2.24) is 15.5 Å². The van der Waals surface area contributed by atoms with Gasteiger partial charge >= 0.3 is 0 Å². The van der Waals surface area contributed by atoms with Crippen LogP contribution in [0.5, 0.6) is 0 Å². The van der Waals surface area contributed by atoms with Crippen LogP contribution >= 0.6 is 0 Å². The van der Waals surface area contributed by atoms with Crippen LogP contribution in [0, 0.1) is 5.92 Å². The van der Waals surface area contributed by atoms with E-state index in [4.69, 9.17) is 0 Å². The van der Waals surface area contributed by atoms with E-state index in [1.54, 1.807) is 7.05 Å². The fraction of sp³-hybridized carbons (Fsp3) is 0.833. The Hall–Kier alpha value is -1.10. The highest BCUT2D eigenvalue weighted by molar-refractivity contribution is 5.85. The van der Waals surface area contributed by atoms with Crippen LogP contribution in [-0.2, 0) is 9.59 Å². The third kappa shape index (κ3) is 6.94. The third-order valence-electron chi connectivity index (χ3n) is 2.33. The van der Waals surface area contributed by atoms with E-state index < -0.39 is 0 Å². The predicted octanol–water partition coefficient (Wildman–Crippen LogP) is 0.215. The molecule has 0 rings (SSSR count). The zero-order valence-corrected chi connectivity index (χ0v) is 11.5. The normalized spacial score (nSPS) is 12.4. The summed E-state index contributed by atoms with van der Waals surface area (Å²) in [5.74, 6) is -0.233. The topological polar surface area (TPSA) is 61.4 Å². The second-order valence-electron chi connectivity index (χ2n) is 4.63. The molecule has 1 atom stereocenters. The van der Waals surface area contributed by atoms with Gasteiger partial charge in [-0.05, 0) is 20.4 Å². The summed E-state index contributed by atoms with van der Waals surface area (Å²) >= 11 is 0. The van der Waals surface area contributed by atoms with E-state index in [1.807, 2.05) is 27.7 Å². The minimum absolute atomic E-state index is 0.00939. The SMILES string of the molecule is CCNCC(C)C(=O)N(C)CC(=O)NC(C)C. The minimum Gasteiger partial charge on any atom is -0.352 e. The van der Waals surface area contributed by atoms with Gasteiger partial charge in [-0.25, -0.2) is 0 Å². The summed E-state index contributed by atoms with van der Waals surface area (Å²) in [6, 6.07) is 0.102. The number of carbonyl (C=O) groups excluding carboxylic acids is 2. The number of nitrogens with one attached hydrogen (secondary N) is 2. The van der Waals surface area contributed by atoms with Crippen molar-refractivity contribution in [2.75, 3.05) is 26.7 Å². The Morgan fingerprint density at radius 3 is 2.29 bits per heavy atom. The third-order valence-corrected chi connectivity index (χ3v) is 2.33. The van der Waals surface area contributed by atoms with Gasteiger partial charge in [0.25, 0.3) is 0 Å². The molecule has 17 heavy (non-hydrogen) atoms. The van der Waals surface area contributed by atoms with Gasteiger partial charge in [0, 0.05) is 25.6 Å². The summed E-state index contributed by atoms with van der Waals surface area (Å²) in [7, 11) is 1.66. The number of hydrogen-bond donors (Lipinski definition) is 2. The average Bonchev–Trinajstić information content (AvgIpc) is 2.23. The van der Waals surface area contributed by atoms with E-state index in [1.165, 1.54) is 4.90 Å². The lowest BCUT2D eigenvalue weighted by Gasteiger charge is -2.21. The highest BCUT2D eigenvalue weighted by Gasteiger charge is 2.19. The van der Waals surface area contributed by atoms with Gasteiger partial charge in [-0.3, -0.25) is 9.59 Å². The summed E-state index contributed by atoms with van der Waals surface area (Å²) in [5.41, 5.74) is 0. The van der Waals surface area contributed by atoms with E-state index in [9.17, 15) is 9.59 Å². The number of hydrogen-bond acceptors (Lipinski definition) is 3. The molecule has 0 saturated heterocycles. The van der Waals surface area contributed by atoms with Crippen molar-refractivity contribution in [3.05, 3.63) is 0 Å². The van der Waals surface area contributed by atoms with E-state index in [-0.39, 0.29) is 30.3 Å². The molecular formula is C12H25N3O2. The molecule has 0 aromatic carbocycles. The largest absolute Gasteiger partial charge is 0.352 e. The maximum absolute atomic E-state index is 11.9. The quantitative estimate of drug-likeness (QED) is 0.672. The number of carbonyl (C=O) groups is 2. The zero-order valence-electron chi connectivity index (χ0n) is 11.5. The first-order valence-corrected chi connectivity index (χ1v) is 6.13. The van der Waals surface area contributed by atoms with Crippen molar-refractivity contribution in [1.29, 1.82) is 0 Å². The Labute approximate surface area is 104 Å². The van der Waals surface area contributed by atoms with Gasteiger partial charge < -0.3 is 15.5 Å². The van der Waals surface area contributed by atoms with Crippen molar-refractivity contribution in [2.24, 2.45) is 5.92 Å². The van der Waals surface area contributed by atoms with E-state index in [0.29, 0.717) is 6.54 Å². The standard InChI is InChI=1S/C12H25N3O2/c1-6-13-7-10(4)12(17)15(5)8-11(16)14-9(2)3/h9-10,13H,6-8H2,1-5H3,(H,14,16). The van der Waals surface area contributed by atoms with Gasteiger partial charge in [-0.1, -0.05) is 13.8 Å². The molecule has 5 heteroatoms. The summed E-state index contributed by atoms with van der Waals surface area (Å²) in [5, 5.41) is 5.88. The van der Waals surface area contributed by atoms with E-state index in [0.717, 1.165) is 6.54 Å². The molecule has 2 amide bonds. The van der Waals surface area contributed by atoms with Crippen molar-refractivity contribution in [3.8, 4) is 0 Å². The van der Waals surface area contributed by atoms with Crippen LogP contribution in [0.3, 0.4) is 0 Å². The second-order valence-corrected chi connectivity index (χ2v) is 4.63. The predicted molar refractivity (Wildman–Crippen MR) is 68.6 cm³/mol. The fourth-order valence-electron chi connectivity index (χ4n) is 1.49. The zero-order chi connectivity index (χ0) is 13.4. The van der Waals surface area contributed by atoms with E-state index >= 15 is 0 Å². The maximum atomic E-state index is 11.9. The molecule has 0 fully saturated rings. The molecule has 0 aromatic rings. The summed E-state index contributed by atoms with van der Waals surface area (Å²) < 4.78 is 0. The smallest absolute Gasteiger partial charge is 0.239 e.